The van der Waals surface area contributed by atoms with Gasteiger partial charge < -0.3 is 0 Å². The molecular weight excluding hydrogens is 749 g/mol. The summed E-state index contributed by atoms with van der Waals surface area (Å²) in [6.07, 6.45) is 12.1. The molecule has 8 rings (SSSR count). The first-order chi connectivity index (χ1) is 26.3. The SMILES string of the molecule is CCCCCCc1ccc(-c2ccc(CN3C(=O)c4ccc5c6c(ccc(c46)C3=O)C(=O)N(Cc3ccc(-c4ccc(CCCCCC)s4)s3)C5=O)s2)s1. The maximum absolute atomic E-state index is 14.0. The second kappa shape index (κ2) is 15.9. The molecule has 0 saturated heterocycles. The summed E-state index contributed by atoms with van der Waals surface area (Å²) in [7, 11) is 0. The van der Waals surface area contributed by atoms with Crippen molar-refractivity contribution in [2.45, 2.75) is 91.1 Å². The van der Waals surface area contributed by atoms with E-state index in [0.717, 1.165) is 32.4 Å². The zero-order chi connectivity index (χ0) is 37.3. The van der Waals surface area contributed by atoms with Crippen LogP contribution in [0.15, 0.2) is 72.8 Å². The summed E-state index contributed by atoms with van der Waals surface area (Å²) in [5.74, 6) is -1.66. The van der Waals surface area contributed by atoms with Gasteiger partial charge in [0.25, 0.3) is 23.6 Å². The van der Waals surface area contributed by atoms with Crippen molar-refractivity contribution in [3.05, 3.63) is 115 Å². The number of carbonyl (C=O) groups is 4. The Hall–Kier alpha value is -4.22. The molecule has 4 aromatic heterocycles. The van der Waals surface area contributed by atoms with Crippen LogP contribution in [0.5, 0.6) is 0 Å². The van der Waals surface area contributed by atoms with E-state index in [0.29, 0.717) is 33.0 Å². The Morgan fingerprint density at radius 2 is 0.704 bits per heavy atom. The largest absolute Gasteiger partial charge is 0.269 e. The minimum atomic E-state index is -0.414. The molecule has 0 spiro atoms. The van der Waals surface area contributed by atoms with Gasteiger partial charge >= 0.3 is 0 Å². The van der Waals surface area contributed by atoms with Gasteiger partial charge in [-0.05, 0) is 98.5 Å². The molecule has 4 amide bonds. The fraction of sp³-hybridized carbons (Fsp3) is 0.318. The number of carbonyl (C=O) groups excluding carboxylic acids is 4. The van der Waals surface area contributed by atoms with Gasteiger partial charge in [0.1, 0.15) is 0 Å². The quantitative estimate of drug-likeness (QED) is 0.0723. The molecule has 6 aromatic rings. The van der Waals surface area contributed by atoms with Gasteiger partial charge in [0, 0.05) is 72.0 Å². The van der Waals surface area contributed by atoms with Crippen LogP contribution in [0.1, 0.15) is 126 Å². The summed E-state index contributed by atoms with van der Waals surface area (Å²) in [4.78, 5) is 67.7. The Balaban J connectivity index is 0.983. The summed E-state index contributed by atoms with van der Waals surface area (Å²) in [5, 5.41) is 0.798. The van der Waals surface area contributed by atoms with E-state index in [9.17, 15) is 19.2 Å². The molecule has 2 aromatic carbocycles. The standard InChI is InChI=1S/C44H42N2O4S4/c1-3-5-7-9-11-27-13-21-35(51-27)37-23-15-29(53-37)25-45-41(47)31-17-19-33-40-34(20-18-32(39(31)40)42(45)48)44(50)46(43(33)49)26-30-16-24-38(54-30)36-22-14-28(52-36)12-10-8-6-4-2/h13-24H,3-12,25-26H2,1-2H3. The zero-order valence-corrected chi connectivity index (χ0v) is 33.8. The summed E-state index contributed by atoms with van der Waals surface area (Å²) in [6.45, 7) is 4.76. The van der Waals surface area contributed by atoms with Crippen molar-refractivity contribution >= 4 is 79.7 Å². The van der Waals surface area contributed by atoms with E-state index in [4.69, 9.17) is 0 Å². The molecule has 276 valence electrons. The van der Waals surface area contributed by atoms with Crippen molar-refractivity contribution in [2.75, 3.05) is 0 Å². The molecule has 54 heavy (non-hydrogen) atoms. The molecule has 0 aliphatic carbocycles. The minimum Gasteiger partial charge on any atom is -0.269 e. The molecule has 6 heterocycles. The molecule has 6 nitrogen and oxygen atoms in total. The maximum Gasteiger partial charge on any atom is 0.261 e. The Morgan fingerprint density at radius 3 is 1.04 bits per heavy atom. The Kier molecular flexibility index (Phi) is 10.8. The van der Waals surface area contributed by atoms with Gasteiger partial charge in [-0.2, -0.15) is 0 Å². The first-order valence-electron chi connectivity index (χ1n) is 19.0. The number of hydrogen-bond donors (Lipinski definition) is 0. The maximum atomic E-state index is 14.0. The summed E-state index contributed by atoms with van der Waals surface area (Å²) in [5.41, 5.74) is 1.35. The molecule has 10 heteroatoms. The molecule has 0 bridgehead atoms. The monoisotopic (exact) mass is 790 g/mol. The number of benzene rings is 2. The van der Waals surface area contributed by atoms with Gasteiger partial charge in [-0.15, -0.1) is 45.3 Å². The minimum absolute atomic E-state index is 0.155. The third kappa shape index (κ3) is 7.05. The van der Waals surface area contributed by atoms with Gasteiger partial charge in [0.05, 0.1) is 13.1 Å². The van der Waals surface area contributed by atoms with Crippen molar-refractivity contribution in [3.63, 3.8) is 0 Å². The summed E-state index contributed by atoms with van der Waals surface area (Å²) in [6, 6.07) is 23.5. The van der Waals surface area contributed by atoms with Gasteiger partial charge in [0.15, 0.2) is 0 Å². The van der Waals surface area contributed by atoms with Crippen LogP contribution in [0.25, 0.3) is 30.3 Å². The highest BCUT2D eigenvalue weighted by molar-refractivity contribution is 7.22. The first kappa shape index (κ1) is 36.7. The number of unbranched alkanes of at least 4 members (excludes halogenated alkanes) is 6. The highest BCUT2D eigenvalue weighted by Gasteiger charge is 2.40. The molecule has 0 radical (unpaired) electrons. The van der Waals surface area contributed by atoms with Crippen LogP contribution in [-0.2, 0) is 25.9 Å². The number of amides is 4. The van der Waals surface area contributed by atoms with Crippen LogP contribution >= 0.6 is 45.3 Å². The average molecular weight is 791 g/mol. The highest BCUT2D eigenvalue weighted by Crippen LogP contribution is 2.41. The predicted octanol–water partition coefficient (Wildman–Crippen LogP) is 12.3. The van der Waals surface area contributed by atoms with Gasteiger partial charge in [0.2, 0.25) is 0 Å². The van der Waals surface area contributed by atoms with Crippen LogP contribution in [0, 0.1) is 0 Å². The van der Waals surface area contributed by atoms with Crippen molar-refractivity contribution in [1.29, 1.82) is 0 Å². The molecule has 2 aliphatic heterocycles. The van der Waals surface area contributed by atoms with E-state index < -0.39 is 23.6 Å². The van der Waals surface area contributed by atoms with E-state index >= 15 is 0 Å². The van der Waals surface area contributed by atoms with Crippen LogP contribution in [0.4, 0.5) is 0 Å². The van der Waals surface area contributed by atoms with E-state index in [2.05, 4.69) is 50.2 Å². The molecule has 0 fully saturated rings. The second-order valence-corrected chi connectivity index (χ2v) is 18.8. The predicted molar refractivity (Wildman–Crippen MR) is 223 cm³/mol. The Morgan fingerprint density at radius 1 is 0.389 bits per heavy atom. The van der Waals surface area contributed by atoms with Crippen molar-refractivity contribution < 1.29 is 19.2 Å². The molecule has 0 N–H and O–H groups in total. The number of imide groups is 2. The third-order valence-electron chi connectivity index (χ3n) is 10.4. The normalized spacial score (nSPS) is 14.0. The summed E-state index contributed by atoms with van der Waals surface area (Å²) < 4.78 is 0. The number of rotatable bonds is 16. The van der Waals surface area contributed by atoms with Crippen molar-refractivity contribution in [3.8, 4) is 19.5 Å². The van der Waals surface area contributed by atoms with E-state index in [1.54, 1.807) is 46.9 Å². The fourth-order valence-corrected chi connectivity index (χ4v) is 11.8. The lowest BCUT2D eigenvalue weighted by Gasteiger charge is -2.31. The topological polar surface area (TPSA) is 74.8 Å². The highest BCUT2D eigenvalue weighted by atomic mass is 32.1. The zero-order valence-electron chi connectivity index (χ0n) is 30.6. The van der Waals surface area contributed by atoms with Crippen molar-refractivity contribution in [2.24, 2.45) is 0 Å². The van der Waals surface area contributed by atoms with Gasteiger partial charge in [-0.3, -0.25) is 29.0 Å². The van der Waals surface area contributed by atoms with E-state index in [-0.39, 0.29) is 13.1 Å². The van der Waals surface area contributed by atoms with Crippen molar-refractivity contribution in [1.82, 2.24) is 9.80 Å². The fourth-order valence-electron chi connectivity index (χ4n) is 7.51. The lowest BCUT2D eigenvalue weighted by molar-refractivity contribution is 0.0578. The summed E-state index contributed by atoms with van der Waals surface area (Å²) >= 11 is 6.82. The average Bonchev–Trinajstić information content (AvgIpc) is 4.02. The lowest BCUT2D eigenvalue weighted by Crippen LogP contribution is -2.42. The van der Waals surface area contributed by atoms with Crippen LogP contribution in [0.3, 0.4) is 0 Å². The molecular formula is C44H42N2O4S4. The van der Waals surface area contributed by atoms with Gasteiger partial charge in [-0.1, -0.05) is 52.4 Å². The molecule has 2 aliphatic rings. The number of aryl methyl sites for hydroxylation is 2. The van der Waals surface area contributed by atoms with E-state index in [1.807, 2.05) is 34.8 Å². The Labute approximate surface area is 332 Å². The Bertz CT molecular complexity index is 2160. The van der Waals surface area contributed by atoms with Crippen LogP contribution in [-0.4, -0.2) is 33.4 Å². The molecule has 0 unspecified atom stereocenters. The number of nitrogens with zero attached hydrogens (tertiary/aromatic N) is 2. The van der Waals surface area contributed by atoms with Crippen LogP contribution in [0.2, 0.25) is 0 Å². The molecule has 0 saturated carbocycles. The second-order valence-electron chi connectivity index (χ2n) is 14.1. The van der Waals surface area contributed by atoms with Gasteiger partial charge in [-0.25, -0.2) is 0 Å². The molecule has 0 atom stereocenters. The number of thiophene rings is 4. The smallest absolute Gasteiger partial charge is 0.261 e. The van der Waals surface area contributed by atoms with E-state index in [1.165, 1.54) is 80.7 Å². The first-order valence-corrected chi connectivity index (χ1v) is 22.3. The number of hydrogen-bond acceptors (Lipinski definition) is 8. The lowest BCUT2D eigenvalue weighted by atomic mass is 9.86. The van der Waals surface area contributed by atoms with Crippen LogP contribution < -0.4 is 0 Å². The third-order valence-corrected chi connectivity index (χ3v) is 15.2.